The Kier molecular flexibility index (Phi) is 8.40. The molecule has 11 heteroatoms. The van der Waals surface area contributed by atoms with Crippen molar-refractivity contribution < 1.29 is 19.0 Å². The van der Waals surface area contributed by atoms with Crippen molar-refractivity contribution in [3.63, 3.8) is 0 Å². The summed E-state index contributed by atoms with van der Waals surface area (Å²) < 4.78 is 24.0. The van der Waals surface area contributed by atoms with Crippen LogP contribution in [0.1, 0.15) is 51.9 Å². The Balaban J connectivity index is 1.12. The molecule has 5 aromatic rings. The summed E-state index contributed by atoms with van der Waals surface area (Å²) in [5, 5.41) is 14.4. The van der Waals surface area contributed by atoms with Gasteiger partial charge in [-0.15, -0.1) is 0 Å². The molecule has 4 heterocycles. The second-order valence-electron chi connectivity index (χ2n) is 10.9. The number of pyridine rings is 1. The first-order valence-electron chi connectivity index (χ1n) is 14.3. The summed E-state index contributed by atoms with van der Waals surface area (Å²) in [4.78, 5) is 23.7. The number of carboxylic acids is 1. The maximum Gasteiger partial charge on any atom is 0.335 e. The van der Waals surface area contributed by atoms with Crippen molar-refractivity contribution >= 4 is 28.6 Å². The van der Waals surface area contributed by atoms with E-state index in [-0.39, 0.29) is 18.1 Å². The van der Waals surface area contributed by atoms with Crippen LogP contribution >= 0.6 is 11.6 Å². The second kappa shape index (κ2) is 12.5. The Morgan fingerprint density at radius 2 is 1.91 bits per heavy atom. The molecule has 222 valence electrons. The molecule has 1 aliphatic rings. The van der Waals surface area contributed by atoms with E-state index in [4.69, 9.17) is 26.3 Å². The van der Waals surface area contributed by atoms with E-state index >= 15 is 0 Å². The zero-order valence-corrected chi connectivity index (χ0v) is 24.5. The van der Waals surface area contributed by atoms with Gasteiger partial charge in [-0.2, -0.15) is 5.10 Å². The average Bonchev–Trinajstić information content (AvgIpc) is 3.57. The van der Waals surface area contributed by atoms with Crippen LogP contribution in [0.25, 0.3) is 11.0 Å². The molecule has 1 aliphatic heterocycles. The van der Waals surface area contributed by atoms with Crippen LogP contribution in [0.2, 0.25) is 5.02 Å². The summed E-state index contributed by atoms with van der Waals surface area (Å²) >= 11 is 5.85. The van der Waals surface area contributed by atoms with Crippen molar-refractivity contribution in [3.8, 4) is 5.88 Å². The molecule has 43 heavy (non-hydrogen) atoms. The molecule has 1 fully saturated rings. The van der Waals surface area contributed by atoms with Gasteiger partial charge >= 0.3 is 5.97 Å². The summed E-state index contributed by atoms with van der Waals surface area (Å²) in [6.45, 7) is 5.71. The normalized spacial score (nSPS) is 14.4. The van der Waals surface area contributed by atoms with Gasteiger partial charge < -0.3 is 14.4 Å². The number of fused-ring (bicyclic) bond motifs is 1. The van der Waals surface area contributed by atoms with Crippen molar-refractivity contribution in [1.29, 1.82) is 0 Å². The second-order valence-corrected chi connectivity index (χ2v) is 11.3. The van der Waals surface area contributed by atoms with E-state index < -0.39 is 11.8 Å². The zero-order valence-electron chi connectivity index (χ0n) is 23.8. The van der Waals surface area contributed by atoms with Gasteiger partial charge in [-0.25, -0.2) is 19.2 Å². The van der Waals surface area contributed by atoms with E-state index in [1.54, 1.807) is 36.4 Å². The number of hydrogen-bond acceptors (Lipinski definition) is 6. The SMILES string of the molecule is Cc1ccn(CCn2c(CN3CCC(c4cccc(OCc5ccc(Cl)cc5F)n4)CC3)nc3ccc(C(=O)O)cc32)n1. The topological polar surface area (TPSA) is 98.3 Å². The van der Waals surface area contributed by atoms with Gasteiger partial charge in [0.15, 0.2) is 0 Å². The van der Waals surface area contributed by atoms with Crippen molar-refractivity contribution in [2.75, 3.05) is 13.1 Å². The lowest BCUT2D eigenvalue weighted by atomic mass is 9.93. The van der Waals surface area contributed by atoms with Gasteiger partial charge in [0.2, 0.25) is 5.88 Å². The van der Waals surface area contributed by atoms with Crippen LogP contribution in [0.15, 0.2) is 66.9 Å². The van der Waals surface area contributed by atoms with Crippen LogP contribution in [0.3, 0.4) is 0 Å². The van der Waals surface area contributed by atoms with E-state index in [9.17, 15) is 14.3 Å². The number of piperidine rings is 1. The predicted octanol–water partition coefficient (Wildman–Crippen LogP) is 6.09. The molecule has 0 spiro atoms. The number of ether oxygens (including phenoxy) is 1. The number of aromatic carboxylic acids is 1. The minimum Gasteiger partial charge on any atom is -0.478 e. The number of aromatic nitrogens is 5. The predicted molar refractivity (Wildman–Crippen MR) is 161 cm³/mol. The van der Waals surface area contributed by atoms with E-state index in [2.05, 4.69) is 14.6 Å². The molecule has 0 radical (unpaired) electrons. The van der Waals surface area contributed by atoms with Crippen LogP contribution in [0.4, 0.5) is 4.39 Å². The summed E-state index contributed by atoms with van der Waals surface area (Å²) in [5.74, 6) is 0.301. The number of nitrogens with zero attached hydrogens (tertiary/aromatic N) is 6. The number of hydrogen-bond donors (Lipinski definition) is 1. The van der Waals surface area contributed by atoms with E-state index in [0.29, 0.717) is 36.1 Å². The fourth-order valence-corrected chi connectivity index (χ4v) is 5.74. The number of likely N-dealkylation sites (tertiary alicyclic amines) is 1. The van der Waals surface area contributed by atoms with Crippen LogP contribution in [-0.2, 0) is 26.2 Å². The number of rotatable bonds is 10. The minimum absolute atomic E-state index is 0.0763. The number of aryl methyl sites for hydroxylation is 3. The molecule has 0 amide bonds. The summed E-state index contributed by atoms with van der Waals surface area (Å²) in [6.07, 6.45) is 3.81. The molecule has 6 rings (SSSR count). The third-order valence-corrected chi connectivity index (χ3v) is 8.14. The van der Waals surface area contributed by atoms with Gasteiger partial charge in [0.1, 0.15) is 18.2 Å². The van der Waals surface area contributed by atoms with Gasteiger partial charge in [0, 0.05) is 41.0 Å². The molecule has 0 unspecified atom stereocenters. The highest BCUT2D eigenvalue weighted by Gasteiger charge is 2.24. The average molecular weight is 603 g/mol. The van der Waals surface area contributed by atoms with Gasteiger partial charge in [0.05, 0.1) is 35.4 Å². The van der Waals surface area contributed by atoms with Crippen LogP contribution < -0.4 is 4.74 Å². The molecule has 0 bridgehead atoms. The fourth-order valence-electron chi connectivity index (χ4n) is 5.58. The van der Waals surface area contributed by atoms with Crippen molar-refractivity contribution in [3.05, 3.63) is 106 Å². The lowest BCUT2D eigenvalue weighted by Crippen LogP contribution is -2.33. The Morgan fingerprint density at radius 1 is 1.07 bits per heavy atom. The maximum absolute atomic E-state index is 14.2. The largest absolute Gasteiger partial charge is 0.478 e. The van der Waals surface area contributed by atoms with Gasteiger partial charge in [-0.1, -0.05) is 23.7 Å². The highest BCUT2D eigenvalue weighted by atomic mass is 35.5. The summed E-state index contributed by atoms with van der Waals surface area (Å²) in [6, 6.07) is 17.3. The van der Waals surface area contributed by atoms with Crippen LogP contribution in [0, 0.1) is 12.7 Å². The van der Waals surface area contributed by atoms with Crippen LogP contribution in [-0.4, -0.2) is 53.4 Å². The van der Waals surface area contributed by atoms with Gasteiger partial charge in [-0.3, -0.25) is 9.58 Å². The Hall–Kier alpha value is -4.28. The number of carboxylic acid groups (broad SMARTS) is 1. The highest BCUT2D eigenvalue weighted by molar-refractivity contribution is 6.30. The smallest absolute Gasteiger partial charge is 0.335 e. The van der Waals surface area contributed by atoms with Crippen molar-refractivity contribution in [1.82, 2.24) is 29.2 Å². The lowest BCUT2D eigenvalue weighted by molar-refractivity contribution is 0.0697. The fraction of sp³-hybridized carbons (Fsp3) is 0.312. The third-order valence-electron chi connectivity index (χ3n) is 7.91. The van der Waals surface area contributed by atoms with Gasteiger partial charge in [0.25, 0.3) is 0 Å². The van der Waals surface area contributed by atoms with E-state index in [0.717, 1.165) is 54.2 Å². The molecule has 3 aromatic heterocycles. The standard InChI is InChI=1S/C32H32ClFN6O3/c1-21-9-14-39(37-21)15-16-40-29-17-23(32(41)42)6-8-28(29)35-30(40)19-38-12-10-22(11-13-38)27-3-2-4-31(36-27)43-20-24-5-7-25(33)18-26(24)34/h2-9,14,17-18,22H,10-13,15-16,19-20H2,1H3,(H,41,42). The molecule has 1 saturated heterocycles. The number of imidazole rings is 1. The van der Waals surface area contributed by atoms with Crippen LogP contribution in [0.5, 0.6) is 5.88 Å². The van der Waals surface area contributed by atoms with Gasteiger partial charge in [-0.05, 0) is 75.3 Å². The van der Waals surface area contributed by atoms with E-state index in [1.807, 2.05) is 36.0 Å². The molecule has 1 N–H and O–H groups in total. The molecule has 9 nitrogen and oxygen atoms in total. The number of halogens is 2. The van der Waals surface area contributed by atoms with E-state index in [1.165, 1.54) is 6.07 Å². The first-order chi connectivity index (χ1) is 20.8. The zero-order chi connectivity index (χ0) is 29.9. The first kappa shape index (κ1) is 28.8. The molecule has 0 aliphatic carbocycles. The molecule has 0 atom stereocenters. The van der Waals surface area contributed by atoms with Crippen molar-refractivity contribution in [2.24, 2.45) is 0 Å². The third kappa shape index (κ3) is 6.71. The quantitative estimate of drug-likeness (QED) is 0.207. The Bertz CT molecular complexity index is 1760. The first-order valence-corrected chi connectivity index (χ1v) is 14.7. The molecular weight excluding hydrogens is 571 g/mol. The Labute approximate surface area is 253 Å². The minimum atomic E-state index is -0.957. The Morgan fingerprint density at radius 3 is 2.65 bits per heavy atom. The molecule has 2 aromatic carbocycles. The molecular formula is C32H32ClFN6O3. The van der Waals surface area contributed by atoms with Crippen molar-refractivity contribution in [2.45, 2.75) is 51.9 Å². The summed E-state index contributed by atoms with van der Waals surface area (Å²) in [5.41, 5.74) is 4.19. The maximum atomic E-state index is 14.2. The number of benzene rings is 2. The number of carbonyl (C=O) groups is 1. The molecule has 0 saturated carbocycles. The summed E-state index contributed by atoms with van der Waals surface area (Å²) in [7, 11) is 0. The monoisotopic (exact) mass is 602 g/mol. The lowest BCUT2D eigenvalue weighted by Gasteiger charge is -2.31. The highest BCUT2D eigenvalue weighted by Crippen LogP contribution is 2.29.